The van der Waals surface area contributed by atoms with E-state index in [1.54, 1.807) is 0 Å². The Morgan fingerprint density at radius 3 is 2.65 bits per heavy atom. The molecule has 0 aliphatic carbocycles. The number of carboxylic acid groups (broad SMARTS) is 1. The molecule has 0 aliphatic rings. The number of rotatable bonds is 5. The predicted octanol–water partition coefficient (Wildman–Crippen LogP) is 3.12. The van der Waals surface area contributed by atoms with Gasteiger partial charge in [0.25, 0.3) is 0 Å². The molecule has 0 radical (unpaired) electrons. The van der Waals surface area contributed by atoms with Crippen LogP contribution < -0.4 is 0 Å². The van der Waals surface area contributed by atoms with Crippen molar-refractivity contribution in [2.24, 2.45) is 5.92 Å². The van der Waals surface area contributed by atoms with E-state index in [9.17, 15) is 4.79 Å². The van der Waals surface area contributed by atoms with Gasteiger partial charge in [0.2, 0.25) is 0 Å². The maximum atomic E-state index is 10.9. The molecule has 0 fully saturated rings. The number of hydrogen-bond donors (Lipinski definition) is 1. The highest BCUT2D eigenvalue weighted by atomic mass is 16.4. The highest BCUT2D eigenvalue weighted by Gasteiger charge is 2.11. The van der Waals surface area contributed by atoms with Gasteiger partial charge in [-0.2, -0.15) is 0 Å². The molecule has 0 heterocycles. The Labute approximate surface area is 103 Å². The summed E-state index contributed by atoms with van der Waals surface area (Å²) in [5.74, 6) is 4.50. The van der Waals surface area contributed by atoms with Crippen LogP contribution in [0.4, 0.5) is 0 Å². The smallest absolute Gasteiger partial charge is 0.318 e. The monoisotopic (exact) mass is 230 g/mol. The minimum Gasteiger partial charge on any atom is -0.480 e. The third kappa shape index (κ3) is 5.21. The Balaban J connectivity index is 2.42. The van der Waals surface area contributed by atoms with E-state index in [-0.39, 0.29) is 0 Å². The van der Waals surface area contributed by atoms with Crippen LogP contribution in [0.2, 0.25) is 0 Å². The van der Waals surface area contributed by atoms with Crippen LogP contribution >= 0.6 is 0 Å². The summed E-state index contributed by atoms with van der Waals surface area (Å²) < 4.78 is 0. The van der Waals surface area contributed by atoms with Crippen molar-refractivity contribution in [1.29, 1.82) is 0 Å². The second kappa shape index (κ2) is 7.51. The molecule has 90 valence electrons. The van der Waals surface area contributed by atoms with E-state index in [1.807, 2.05) is 25.1 Å². The summed E-state index contributed by atoms with van der Waals surface area (Å²) in [5.41, 5.74) is 1.24. The van der Waals surface area contributed by atoms with Crippen LogP contribution in [-0.4, -0.2) is 11.1 Å². The highest BCUT2D eigenvalue weighted by Crippen LogP contribution is 2.06. The van der Waals surface area contributed by atoms with Gasteiger partial charge in [-0.1, -0.05) is 49.6 Å². The van der Waals surface area contributed by atoms with Crippen LogP contribution in [0.25, 0.3) is 0 Å². The van der Waals surface area contributed by atoms with E-state index < -0.39 is 11.9 Å². The Hall–Kier alpha value is -1.75. The molecule has 1 N–H and O–H groups in total. The summed E-state index contributed by atoms with van der Waals surface area (Å²) in [5, 5.41) is 8.92. The van der Waals surface area contributed by atoms with E-state index in [0.717, 1.165) is 19.3 Å². The largest absolute Gasteiger partial charge is 0.480 e. The first kappa shape index (κ1) is 13.3. The van der Waals surface area contributed by atoms with E-state index in [1.165, 1.54) is 5.56 Å². The van der Waals surface area contributed by atoms with E-state index in [0.29, 0.717) is 6.42 Å². The number of carboxylic acids is 1. The minimum atomic E-state index is -0.806. The molecule has 1 unspecified atom stereocenters. The number of aryl methyl sites for hydroxylation is 1. The summed E-state index contributed by atoms with van der Waals surface area (Å²) in [7, 11) is 0. The van der Waals surface area contributed by atoms with Crippen LogP contribution in [0, 0.1) is 17.8 Å². The molecule has 2 heteroatoms. The molecule has 1 aromatic carbocycles. The first-order chi connectivity index (χ1) is 8.24. The van der Waals surface area contributed by atoms with Crippen molar-refractivity contribution >= 4 is 5.97 Å². The SMILES string of the molecule is CCCC(C#CCCc1ccccc1)C(=O)O. The van der Waals surface area contributed by atoms with Gasteiger partial charge in [-0.3, -0.25) is 4.79 Å². The zero-order valence-corrected chi connectivity index (χ0v) is 10.1. The zero-order valence-electron chi connectivity index (χ0n) is 10.1. The molecule has 0 spiro atoms. The average Bonchev–Trinajstić information content (AvgIpc) is 2.34. The topological polar surface area (TPSA) is 37.3 Å². The average molecular weight is 230 g/mol. The molecule has 0 bridgehead atoms. The molecule has 0 aromatic heterocycles. The first-order valence-corrected chi connectivity index (χ1v) is 5.99. The normalized spacial score (nSPS) is 11.4. The van der Waals surface area contributed by atoms with Crippen molar-refractivity contribution in [3.63, 3.8) is 0 Å². The lowest BCUT2D eigenvalue weighted by Gasteiger charge is -2.01. The van der Waals surface area contributed by atoms with Crippen LogP contribution in [0.3, 0.4) is 0 Å². The lowest BCUT2D eigenvalue weighted by atomic mass is 10.0. The molecule has 1 atom stereocenters. The maximum absolute atomic E-state index is 10.9. The second-order valence-corrected chi connectivity index (χ2v) is 3.99. The van der Waals surface area contributed by atoms with Crippen molar-refractivity contribution in [2.45, 2.75) is 32.6 Å². The molecule has 0 aliphatic heterocycles. The molecule has 1 rings (SSSR count). The predicted molar refractivity (Wildman–Crippen MR) is 68.6 cm³/mol. The molecule has 0 amide bonds. The van der Waals surface area contributed by atoms with Gasteiger partial charge >= 0.3 is 5.97 Å². The van der Waals surface area contributed by atoms with Crippen molar-refractivity contribution in [3.8, 4) is 11.8 Å². The minimum absolute atomic E-state index is 0.504. The Kier molecular flexibility index (Phi) is 5.88. The summed E-state index contributed by atoms with van der Waals surface area (Å²) >= 11 is 0. The van der Waals surface area contributed by atoms with Gasteiger partial charge in [0.1, 0.15) is 5.92 Å². The number of carbonyl (C=O) groups is 1. The molecule has 2 nitrogen and oxygen atoms in total. The number of aliphatic carboxylic acids is 1. The lowest BCUT2D eigenvalue weighted by molar-refractivity contribution is -0.139. The van der Waals surface area contributed by atoms with Crippen molar-refractivity contribution < 1.29 is 9.90 Å². The first-order valence-electron chi connectivity index (χ1n) is 5.99. The van der Waals surface area contributed by atoms with Crippen molar-refractivity contribution in [2.75, 3.05) is 0 Å². The summed E-state index contributed by atoms with van der Waals surface area (Å²) in [4.78, 5) is 10.9. The maximum Gasteiger partial charge on any atom is 0.318 e. The summed E-state index contributed by atoms with van der Waals surface area (Å²) in [6.45, 7) is 1.97. The molecule has 17 heavy (non-hydrogen) atoms. The third-order valence-corrected chi connectivity index (χ3v) is 2.53. The second-order valence-electron chi connectivity index (χ2n) is 3.99. The van der Waals surface area contributed by atoms with E-state index in [2.05, 4.69) is 24.0 Å². The van der Waals surface area contributed by atoms with Gasteiger partial charge in [-0.15, -0.1) is 5.92 Å². The summed E-state index contributed by atoms with van der Waals surface area (Å²) in [6, 6.07) is 10.1. The van der Waals surface area contributed by atoms with E-state index in [4.69, 9.17) is 5.11 Å². The third-order valence-electron chi connectivity index (χ3n) is 2.53. The summed E-state index contributed by atoms with van der Waals surface area (Å²) in [6.07, 6.45) is 3.09. The number of benzene rings is 1. The van der Waals surface area contributed by atoms with Crippen LogP contribution in [-0.2, 0) is 11.2 Å². The fourth-order valence-electron chi connectivity index (χ4n) is 1.59. The van der Waals surface area contributed by atoms with Gasteiger partial charge in [-0.25, -0.2) is 0 Å². The highest BCUT2D eigenvalue weighted by molar-refractivity contribution is 5.73. The van der Waals surface area contributed by atoms with Crippen molar-refractivity contribution in [1.82, 2.24) is 0 Å². The van der Waals surface area contributed by atoms with Gasteiger partial charge in [0.05, 0.1) is 0 Å². The molecular weight excluding hydrogens is 212 g/mol. The van der Waals surface area contributed by atoms with Crippen LogP contribution in [0.15, 0.2) is 30.3 Å². The molecular formula is C15H18O2. The van der Waals surface area contributed by atoms with Crippen LogP contribution in [0.5, 0.6) is 0 Å². The van der Waals surface area contributed by atoms with Gasteiger partial charge in [-0.05, 0) is 18.4 Å². The van der Waals surface area contributed by atoms with Gasteiger partial charge in [0, 0.05) is 6.42 Å². The standard InChI is InChI=1S/C15H18O2/c1-2-8-14(15(16)17)12-7-6-11-13-9-4-3-5-10-13/h3-5,9-10,14H,2,6,8,11H2,1H3,(H,16,17). The molecule has 0 saturated carbocycles. The Bertz CT molecular complexity index is 398. The van der Waals surface area contributed by atoms with Crippen LogP contribution in [0.1, 0.15) is 31.7 Å². The fourth-order valence-corrected chi connectivity index (χ4v) is 1.59. The van der Waals surface area contributed by atoms with Crippen molar-refractivity contribution in [3.05, 3.63) is 35.9 Å². The fraction of sp³-hybridized carbons (Fsp3) is 0.400. The molecule has 1 aromatic rings. The Morgan fingerprint density at radius 1 is 1.35 bits per heavy atom. The lowest BCUT2D eigenvalue weighted by Crippen LogP contribution is -2.10. The van der Waals surface area contributed by atoms with E-state index >= 15 is 0 Å². The van der Waals surface area contributed by atoms with Gasteiger partial charge < -0.3 is 5.11 Å². The molecule has 0 saturated heterocycles. The zero-order chi connectivity index (χ0) is 12.5. The Morgan fingerprint density at radius 2 is 2.06 bits per heavy atom. The van der Waals surface area contributed by atoms with Gasteiger partial charge in [0.15, 0.2) is 0 Å². The quantitative estimate of drug-likeness (QED) is 0.789. The number of hydrogen-bond acceptors (Lipinski definition) is 1.